The van der Waals surface area contributed by atoms with Crippen molar-refractivity contribution in [1.82, 2.24) is 0 Å². The Morgan fingerprint density at radius 2 is 1.71 bits per heavy atom. The summed E-state index contributed by atoms with van der Waals surface area (Å²) in [5, 5.41) is 5.25. The fourth-order valence-electron chi connectivity index (χ4n) is 1.85. The molecule has 0 fully saturated rings. The molecule has 21 heavy (non-hydrogen) atoms. The van der Waals surface area contributed by atoms with Crippen LogP contribution < -0.4 is 10.6 Å². The Kier molecular flexibility index (Phi) is 4.87. The van der Waals surface area contributed by atoms with Gasteiger partial charge in [0.2, 0.25) is 0 Å². The quantitative estimate of drug-likeness (QED) is 0.872. The van der Waals surface area contributed by atoms with Crippen LogP contribution >= 0.6 is 0 Å². The molecule has 0 spiro atoms. The first-order valence-corrected chi connectivity index (χ1v) is 6.71. The Hall–Kier alpha value is -2.43. The molecule has 3 nitrogen and oxygen atoms in total. The van der Waals surface area contributed by atoms with Gasteiger partial charge in [0, 0.05) is 17.8 Å². The molecule has 2 aromatic rings. The predicted octanol–water partition coefficient (Wildman–Crippen LogP) is 4.04. The number of amides is 1. The van der Waals surface area contributed by atoms with Gasteiger partial charge in [0.25, 0.3) is 5.91 Å². The highest BCUT2D eigenvalue weighted by molar-refractivity contribution is 6.04. The number of hydrogen-bond donors (Lipinski definition) is 2. The number of nitrogens with one attached hydrogen (secondary N) is 2. The van der Waals surface area contributed by atoms with Crippen LogP contribution in [0.3, 0.4) is 0 Å². The van der Waals surface area contributed by atoms with Gasteiger partial charge in [-0.2, -0.15) is 0 Å². The van der Waals surface area contributed by atoms with E-state index < -0.39 is 17.5 Å². The van der Waals surface area contributed by atoms with E-state index in [1.165, 1.54) is 0 Å². The first kappa shape index (κ1) is 15.0. The molecule has 0 aliphatic carbocycles. The van der Waals surface area contributed by atoms with E-state index in [2.05, 4.69) is 10.6 Å². The number of halogens is 2. The number of benzene rings is 2. The summed E-state index contributed by atoms with van der Waals surface area (Å²) in [5.74, 6) is -2.11. The van der Waals surface area contributed by atoms with E-state index >= 15 is 0 Å². The maximum atomic E-state index is 13.9. The molecule has 0 saturated carbocycles. The van der Waals surface area contributed by atoms with E-state index in [1.807, 2.05) is 13.0 Å². The first-order valence-electron chi connectivity index (χ1n) is 6.71. The summed E-state index contributed by atoms with van der Waals surface area (Å²) >= 11 is 0. The zero-order chi connectivity index (χ0) is 15.2. The van der Waals surface area contributed by atoms with E-state index in [1.54, 1.807) is 24.3 Å². The maximum Gasteiger partial charge on any atom is 0.255 e. The summed E-state index contributed by atoms with van der Waals surface area (Å²) < 4.78 is 27.7. The third-order valence-electron chi connectivity index (χ3n) is 2.89. The lowest BCUT2D eigenvalue weighted by molar-refractivity contribution is 0.102. The van der Waals surface area contributed by atoms with Gasteiger partial charge in [-0.3, -0.25) is 4.79 Å². The highest BCUT2D eigenvalue weighted by Gasteiger charge is 2.15. The van der Waals surface area contributed by atoms with Gasteiger partial charge in [0.15, 0.2) is 0 Å². The van der Waals surface area contributed by atoms with Crippen molar-refractivity contribution in [2.24, 2.45) is 0 Å². The number of para-hydroxylation sites is 1. The lowest BCUT2D eigenvalue weighted by atomic mass is 10.1. The van der Waals surface area contributed by atoms with Crippen LogP contribution in [0.5, 0.6) is 0 Å². The predicted molar refractivity (Wildman–Crippen MR) is 79.5 cm³/mol. The lowest BCUT2D eigenvalue weighted by Gasteiger charge is -2.10. The van der Waals surface area contributed by atoms with Crippen molar-refractivity contribution in [3.05, 3.63) is 59.7 Å². The van der Waals surface area contributed by atoms with Crippen LogP contribution in [-0.2, 0) is 0 Å². The smallest absolute Gasteiger partial charge is 0.255 e. The van der Waals surface area contributed by atoms with Crippen LogP contribution in [0.1, 0.15) is 23.7 Å². The Bertz CT molecular complexity index is 606. The van der Waals surface area contributed by atoms with Gasteiger partial charge in [-0.05, 0) is 30.7 Å². The Balaban J connectivity index is 2.19. The van der Waals surface area contributed by atoms with Crippen molar-refractivity contribution < 1.29 is 13.6 Å². The van der Waals surface area contributed by atoms with Gasteiger partial charge in [0.05, 0.1) is 0 Å². The average molecular weight is 290 g/mol. The molecule has 0 atom stereocenters. The minimum atomic E-state index is -0.776. The lowest BCUT2D eigenvalue weighted by Crippen LogP contribution is -2.14. The number of carbonyl (C=O) groups is 1. The normalized spacial score (nSPS) is 10.2. The SMILES string of the molecule is CCCNc1c(F)cc(C(=O)Nc2ccccc2)cc1F. The van der Waals surface area contributed by atoms with Crippen molar-refractivity contribution in [2.45, 2.75) is 13.3 Å². The van der Waals surface area contributed by atoms with Gasteiger partial charge in [-0.15, -0.1) is 0 Å². The van der Waals surface area contributed by atoms with Gasteiger partial charge >= 0.3 is 0 Å². The van der Waals surface area contributed by atoms with Gasteiger partial charge < -0.3 is 10.6 Å². The van der Waals surface area contributed by atoms with E-state index in [4.69, 9.17) is 0 Å². The number of anilines is 2. The summed E-state index contributed by atoms with van der Waals surface area (Å²) in [7, 11) is 0. The zero-order valence-corrected chi connectivity index (χ0v) is 11.6. The number of rotatable bonds is 5. The van der Waals surface area contributed by atoms with Crippen molar-refractivity contribution in [3.63, 3.8) is 0 Å². The number of carbonyl (C=O) groups excluding carboxylic acids is 1. The molecular weight excluding hydrogens is 274 g/mol. The Morgan fingerprint density at radius 1 is 1.10 bits per heavy atom. The monoisotopic (exact) mass is 290 g/mol. The van der Waals surface area contributed by atoms with Crippen LogP contribution in [0, 0.1) is 11.6 Å². The summed E-state index contributed by atoms with van der Waals surface area (Å²) in [6, 6.07) is 10.8. The molecule has 0 aliphatic heterocycles. The fourth-order valence-corrected chi connectivity index (χ4v) is 1.85. The molecule has 0 heterocycles. The summed E-state index contributed by atoms with van der Waals surface area (Å²) in [4.78, 5) is 12.0. The standard InChI is InChI=1S/C16H16F2N2O/c1-2-8-19-15-13(17)9-11(10-14(15)18)16(21)20-12-6-4-3-5-7-12/h3-7,9-10,19H,2,8H2,1H3,(H,20,21). The molecule has 0 radical (unpaired) electrons. The summed E-state index contributed by atoms with van der Waals surface area (Å²) in [6.45, 7) is 2.36. The van der Waals surface area contributed by atoms with Crippen molar-refractivity contribution in [3.8, 4) is 0 Å². The maximum absolute atomic E-state index is 13.9. The van der Waals surface area contributed by atoms with Gasteiger partial charge in [-0.25, -0.2) is 8.78 Å². The molecule has 5 heteroatoms. The average Bonchev–Trinajstić information content (AvgIpc) is 2.47. The third kappa shape index (κ3) is 3.78. The second kappa shape index (κ2) is 6.83. The molecule has 110 valence electrons. The van der Waals surface area contributed by atoms with Crippen LogP contribution in [-0.4, -0.2) is 12.5 Å². The van der Waals surface area contributed by atoms with E-state index in [0.29, 0.717) is 12.2 Å². The largest absolute Gasteiger partial charge is 0.380 e. The molecule has 2 N–H and O–H groups in total. The van der Waals surface area contributed by atoms with Crippen molar-refractivity contribution >= 4 is 17.3 Å². The van der Waals surface area contributed by atoms with E-state index in [-0.39, 0.29) is 11.3 Å². The molecular formula is C16H16F2N2O. The molecule has 2 aromatic carbocycles. The van der Waals surface area contributed by atoms with Gasteiger partial charge in [0.1, 0.15) is 17.3 Å². The Labute approximate surface area is 122 Å². The first-order chi connectivity index (χ1) is 10.1. The highest BCUT2D eigenvalue weighted by atomic mass is 19.1. The second-order valence-electron chi connectivity index (χ2n) is 4.56. The topological polar surface area (TPSA) is 41.1 Å². The molecule has 1 amide bonds. The summed E-state index contributed by atoms with van der Waals surface area (Å²) in [6.07, 6.45) is 0.745. The highest BCUT2D eigenvalue weighted by Crippen LogP contribution is 2.21. The van der Waals surface area contributed by atoms with Crippen LogP contribution in [0.2, 0.25) is 0 Å². The molecule has 0 aromatic heterocycles. The van der Waals surface area contributed by atoms with Crippen LogP contribution in [0.15, 0.2) is 42.5 Å². The Morgan fingerprint density at radius 3 is 2.29 bits per heavy atom. The minimum absolute atomic E-state index is 0.0594. The van der Waals surface area contributed by atoms with Crippen LogP contribution in [0.25, 0.3) is 0 Å². The fraction of sp³-hybridized carbons (Fsp3) is 0.188. The van der Waals surface area contributed by atoms with Crippen molar-refractivity contribution in [2.75, 3.05) is 17.2 Å². The second-order valence-corrected chi connectivity index (χ2v) is 4.56. The molecule has 0 saturated heterocycles. The number of hydrogen-bond acceptors (Lipinski definition) is 2. The summed E-state index contributed by atoms with van der Waals surface area (Å²) in [5.41, 5.74) is 0.306. The molecule has 2 rings (SSSR count). The van der Waals surface area contributed by atoms with E-state index in [0.717, 1.165) is 18.6 Å². The van der Waals surface area contributed by atoms with Gasteiger partial charge in [-0.1, -0.05) is 25.1 Å². The minimum Gasteiger partial charge on any atom is -0.380 e. The molecule has 0 aliphatic rings. The molecule has 0 bridgehead atoms. The van der Waals surface area contributed by atoms with E-state index in [9.17, 15) is 13.6 Å². The van der Waals surface area contributed by atoms with Crippen molar-refractivity contribution in [1.29, 1.82) is 0 Å². The van der Waals surface area contributed by atoms with Crippen LogP contribution in [0.4, 0.5) is 20.2 Å². The molecule has 0 unspecified atom stereocenters. The third-order valence-corrected chi connectivity index (χ3v) is 2.89. The zero-order valence-electron chi connectivity index (χ0n) is 11.6.